The van der Waals surface area contributed by atoms with Gasteiger partial charge in [-0.1, -0.05) is 35.9 Å². The van der Waals surface area contributed by atoms with Gasteiger partial charge in [-0.25, -0.2) is 8.78 Å². The van der Waals surface area contributed by atoms with Gasteiger partial charge in [0.15, 0.2) is 0 Å². The van der Waals surface area contributed by atoms with Crippen LogP contribution in [0.15, 0.2) is 79.0 Å². The lowest BCUT2D eigenvalue weighted by Gasteiger charge is -2.36. The van der Waals surface area contributed by atoms with Crippen molar-refractivity contribution in [3.8, 4) is 5.75 Å². The molecule has 0 spiro atoms. The molecule has 3 aromatic carbocycles. The maximum atomic E-state index is 15.1. The van der Waals surface area contributed by atoms with Crippen molar-refractivity contribution in [2.75, 3.05) is 0 Å². The zero-order valence-corrected chi connectivity index (χ0v) is 25.6. The summed E-state index contributed by atoms with van der Waals surface area (Å²) >= 11 is 6.01. The molecule has 0 saturated heterocycles. The first-order valence-electron chi connectivity index (χ1n) is 14.2. The number of amides is 1. The molecule has 0 unspecified atom stereocenters. The minimum atomic E-state index is -5.20. The first-order chi connectivity index (χ1) is 22.9. The number of carbonyl (C=O) groups excluding carboxylic acids is 1. The molecule has 1 atom stereocenters. The van der Waals surface area contributed by atoms with Crippen LogP contribution in [0.1, 0.15) is 51.1 Å². The number of hydrogen-bond donors (Lipinski definition) is 2. The zero-order chi connectivity index (χ0) is 36.1. The van der Waals surface area contributed by atoms with Crippen LogP contribution in [0, 0.1) is 11.6 Å². The van der Waals surface area contributed by atoms with E-state index in [4.69, 9.17) is 16.7 Å². The van der Waals surface area contributed by atoms with Crippen LogP contribution in [-0.2, 0) is 29.4 Å². The molecule has 0 aliphatic rings. The molecule has 4 aromatic rings. The summed E-state index contributed by atoms with van der Waals surface area (Å²) in [6, 6.07) is 12.1. The number of aliphatic carboxylic acids is 1. The highest BCUT2D eigenvalue weighted by molar-refractivity contribution is 6.30. The Kier molecular flexibility index (Phi) is 11.2. The number of carbonyl (C=O) groups is 2. The van der Waals surface area contributed by atoms with Crippen LogP contribution in [0.5, 0.6) is 5.75 Å². The SMILES string of the molecule is O=C(O)CCCc1ccc(C[C@](NC(=O)c2ccc(F)c(C(F)(F)F)c2)(c2cc(F)cc(OC(F)(F)C(F)F)c2)c2ccc(Cl)cn2)cc1. The van der Waals surface area contributed by atoms with E-state index in [1.54, 1.807) is 12.1 Å². The van der Waals surface area contributed by atoms with Crippen LogP contribution in [0.3, 0.4) is 0 Å². The quantitative estimate of drug-likeness (QED) is 0.135. The van der Waals surface area contributed by atoms with Crippen molar-refractivity contribution < 1.29 is 58.9 Å². The van der Waals surface area contributed by atoms with E-state index < -0.39 is 76.6 Å². The number of carboxylic acids is 1. The summed E-state index contributed by atoms with van der Waals surface area (Å²) in [7, 11) is 0. The minimum absolute atomic E-state index is 0.0721. The molecule has 49 heavy (non-hydrogen) atoms. The molecule has 16 heteroatoms. The Bertz CT molecular complexity index is 1800. The molecule has 1 aromatic heterocycles. The van der Waals surface area contributed by atoms with Gasteiger partial charge < -0.3 is 15.2 Å². The summed E-state index contributed by atoms with van der Waals surface area (Å²) in [5, 5.41) is 11.5. The van der Waals surface area contributed by atoms with Crippen LogP contribution in [0.25, 0.3) is 0 Å². The Morgan fingerprint density at radius 2 is 1.57 bits per heavy atom. The monoisotopic (exact) mass is 718 g/mol. The van der Waals surface area contributed by atoms with Crippen molar-refractivity contribution in [2.45, 2.75) is 49.9 Å². The van der Waals surface area contributed by atoms with Crippen molar-refractivity contribution in [1.29, 1.82) is 0 Å². The van der Waals surface area contributed by atoms with Gasteiger partial charge in [0.2, 0.25) is 0 Å². The number of nitrogens with zero attached hydrogens (tertiary/aromatic N) is 1. The van der Waals surface area contributed by atoms with Crippen LogP contribution in [0.4, 0.5) is 39.5 Å². The molecule has 0 aliphatic carbocycles. The second kappa shape index (κ2) is 14.8. The average molecular weight is 719 g/mol. The summed E-state index contributed by atoms with van der Waals surface area (Å²) in [4.78, 5) is 28.8. The topological polar surface area (TPSA) is 88.5 Å². The van der Waals surface area contributed by atoms with Gasteiger partial charge >= 0.3 is 24.7 Å². The Morgan fingerprint density at radius 3 is 2.16 bits per heavy atom. The van der Waals surface area contributed by atoms with E-state index in [2.05, 4.69) is 15.0 Å². The predicted molar refractivity (Wildman–Crippen MR) is 158 cm³/mol. The van der Waals surface area contributed by atoms with Crippen LogP contribution >= 0.6 is 11.6 Å². The van der Waals surface area contributed by atoms with Gasteiger partial charge in [-0.3, -0.25) is 14.6 Å². The molecule has 0 fully saturated rings. The molecule has 0 saturated carbocycles. The van der Waals surface area contributed by atoms with Crippen molar-refractivity contribution in [2.24, 2.45) is 0 Å². The van der Waals surface area contributed by atoms with Crippen molar-refractivity contribution in [3.63, 3.8) is 0 Å². The number of rotatable bonds is 13. The van der Waals surface area contributed by atoms with E-state index >= 15 is 4.39 Å². The lowest BCUT2D eigenvalue weighted by molar-refractivity contribution is -0.253. The number of benzene rings is 3. The van der Waals surface area contributed by atoms with Crippen LogP contribution in [0.2, 0.25) is 5.02 Å². The van der Waals surface area contributed by atoms with Crippen molar-refractivity contribution >= 4 is 23.5 Å². The van der Waals surface area contributed by atoms with Crippen molar-refractivity contribution in [1.82, 2.24) is 10.3 Å². The van der Waals surface area contributed by atoms with Gasteiger partial charge in [0.05, 0.1) is 16.3 Å². The van der Waals surface area contributed by atoms with Gasteiger partial charge in [-0.2, -0.15) is 30.7 Å². The number of hydrogen-bond acceptors (Lipinski definition) is 4. The predicted octanol–water partition coefficient (Wildman–Crippen LogP) is 8.59. The number of carboxylic acid groups (broad SMARTS) is 1. The first-order valence-corrected chi connectivity index (χ1v) is 14.5. The molecule has 1 amide bonds. The van der Waals surface area contributed by atoms with E-state index in [9.17, 15) is 44.7 Å². The number of aryl methyl sites for hydroxylation is 1. The molecule has 260 valence electrons. The fourth-order valence-electron chi connectivity index (χ4n) is 4.94. The second-order valence-corrected chi connectivity index (χ2v) is 11.2. The Morgan fingerprint density at radius 1 is 0.898 bits per heavy atom. The van der Waals surface area contributed by atoms with Gasteiger partial charge in [0, 0.05) is 30.7 Å². The average Bonchev–Trinajstić information content (AvgIpc) is 3.00. The Balaban J connectivity index is 1.91. The maximum Gasteiger partial charge on any atom is 0.461 e. The zero-order valence-electron chi connectivity index (χ0n) is 24.8. The highest BCUT2D eigenvalue weighted by atomic mass is 35.5. The standard InChI is InChI=1S/C33H24ClF9N2O4/c34-22-9-11-27(44-17-22)31(16-19-6-4-18(5-7-19)2-1-3-28(46)47,21-13-23(35)15-24(14-21)49-33(42,43)30(37)38)45-29(48)20-8-10-26(36)25(12-20)32(39,40)41/h4-15,17,30H,1-3,16H2,(H,45,48)(H,46,47)/t31-/m0/s1. The highest BCUT2D eigenvalue weighted by Crippen LogP contribution is 2.38. The number of nitrogens with one attached hydrogen (secondary N) is 1. The van der Waals surface area contributed by atoms with Gasteiger partial charge in [0.25, 0.3) is 5.91 Å². The molecule has 0 aliphatic heterocycles. The summed E-state index contributed by atoms with van der Waals surface area (Å²) in [6.07, 6.45) is -13.3. The van der Waals surface area contributed by atoms with E-state index in [1.807, 2.05) is 0 Å². The molecule has 1 heterocycles. The molecule has 0 radical (unpaired) electrons. The van der Waals surface area contributed by atoms with E-state index in [1.165, 1.54) is 24.3 Å². The first kappa shape index (κ1) is 37.0. The third kappa shape index (κ3) is 9.22. The van der Waals surface area contributed by atoms with Gasteiger partial charge in [-0.15, -0.1) is 0 Å². The van der Waals surface area contributed by atoms with Crippen LogP contribution in [-0.4, -0.2) is 34.5 Å². The van der Waals surface area contributed by atoms with E-state index in [-0.39, 0.29) is 23.2 Å². The molecular formula is C33H24ClF9N2O4. The Labute approximate surface area is 277 Å². The van der Waals surface area contributed by atoms with E-state index in [0.717, 1.165) is 24.4 Å². The largest absolute Gasteiger partial charge is 0.481 e. The summed E-state index contributed by atoms with van der Waals surface area (Å²) < 4.78 is 128. The summed E-state index contributed by atoms with van der Waals surface area (Å²) in [6.45, 7) is 0. The van der Waals surface area contributed by atoms with Gasteiger partial charge in [0.1, 0.15) is 22.9 Å². The fourth-order valence-corrected chi connectivity index (χ4v) is 5.05. The molecule has 2 N–H and O–H groups in total. The Hall–Kier alpha value is -4.79. The number of pyridine rings is 1. The number of ether oxygens (including phenoxy) is 1. The minimum Gasteiger partial charge on any atom is -0.481 e. The van der Waals surface area contributed by atoms with Gasteiger partial charge in [-0.05, 0) is 72.0 Å². The summed E-state index contributed by atoms with van der Waals surface area (Å²) in [5.41, 5.74) is -4.18. The molecular weight excluding hydrogens is 695 g/mol. The smallest absolute Gasteiger partial charge is 0.461 e. The third-order valence-electron chi connectivity index (χ3n) is 7.25. The van der Waals surface area contributed by atoms with Crippen LogP contribution < -0.4 is 10.1 Å². The normalized spacial score (nSPS) is 13.2. The lowest BCUT2D eigenvalue weighted by Crippen LogP contribution is -2.49. The number of halogens is 10. The fraction of sp³-hybridized carbons (Fsp3) is 0.242. The number of alkyl halides is 7. The highest BCUT2D eigenvalue weighted by Gasteiger charge is 2.45. The second-order valence-electron chi connectivity index (χ2n) is 10.8. The van der Waals surface area contributed by atoms with E-state index in [0.29, 0.717) is 36.1 Å². The molecule has 6 nitrogen and oxygen atoms in total. The third-order valence-corrected chi connectivity index (χ3v) is 7.47. The number of aromatic nitrogens is 1. The summed E-state index contributed by atoms with van der Waals surface area (Å²) in [5.74, 6) is -6.34. The maximum absolute atomic E-state index is 15.1. The molecule has 0 bridgehead atoms. The van der Waals surface area contributed by atoms with Crippen molar-refractivity contribution in [3.05, 3.63) is 129 Å². The molecule has 4 rings (SSSR count). The lowest BCUT2D eigenvalue weighted by atomic mass is 9.79.